The molecule has 208 valence electrons. The number of hydrogen-bond acceptors (Lipinski definition) is 8. The predicted octanol–water partition coefficient (Wildman–Crippen LogP) is 5.97. The number of nitrogens with zero attached hydrogens (tertiary/aromatic N) is 3. The molecule has 0 spiro atoms. The fourth-order valence-corrected chi connectivity index (χ4v) is 6.15. The van der Waals surface area contributed by atoms with E-state index in [0.717, 1.165) is 31.1 Å². The molecule has 1 aliphatic rings. The molecule has 10 heteroatoms. The first-order chi connectivity index (χ1) is 20.0. The molecule has 0 saturated heterocycles. The van der Waals surface area contributed by atoms with E-state index in [0.29, 0.717) is 46.0 Å². The van der Waals surface area contributed by atoms with E-state index >= 15 is 0 Å². The van der Waals surface area contributed by atoms with Crippen LogP contribution in [0.4, 0.5) is 11.6 Å². The summed E-state index contributed by atoms with van der Waals surface area (Å²) in [7, 11) is -3.77. The molecular formula is C31H30N6O3S. The minimum Gasteiger partial charge on any atom is -0.438 e. The zero-order valence-electron chi connectivity index (χ0n) is 22.3. The van der Waals surface area contributed by atoms with Gasteiger partial charge in [-0.2, -0.15) is 0 Å². The van der Waals surface area contributed by atoms with Gasteiger partial charge in [-0.25, -0.2) is 23.4 Å². The summed E-state index contributed by atoms with van der Waals surface area (Å²) in [6, 6.07) is 25.3. The second-order valence-electron chi connectivity index (χ2n) is 10.1. The number of hydrogen-bond donors (Lipinski definition) is 3. The summed E-state index contributed by atoms with van der Waals surface area (Å²) in [6.45, 7) is 0. The van der Waals surface area contributed by atoms with Crippen LogP contribution < -0.4 is 20.5 Å². The molecule has 1 aliphatic carbocycles. The Morgan fingerprint density at radius 1 is 0.780 bits per heavy atom. The quantitative estimate of drug-likeness (QED) is 0.209. The Balaban J connectivity index is 1.29. The molecule has 0 unspecified atom stereocenters. The molecule has 41 heavy (non-hydrogen) atoms. The van der Waals surface area contributed by atoms with Crippen molar-refractivity contribution in [1.29, 1.82) is 0 Å². The molecule has 0 bridgehead atoms. The van der Waals surface area contributed by atoms with Crippen molar-refractivity contribution in [2.45, 2.75) is 42.7 Å². The van der Waals surface area contributed by atoms with Crippen molar-refractivity contribution in [3.8, 4) is 22.9 Å². The lowest BCUT2D eigenvalue weighted by Gasteiger charge is -2.26. The van der Waals surface area contributed by atoms with Gasteiger partial charge in [-0.05, 0) is 68.1 Å². The summed E-state index contributed by atoms with van der Waals surface area (Å²) in [5.74, 6) is 1.47. The Morgan fingerprint density at radius 3 is 2.34 bits per heavy atom. The topological polar surface area (TPSA) is 132 Å². The highest BCUT2D eigenvalue weighted by Gasteiger charge is 2.20. The first-order valence-corrected chi connectivity index (χ1v) is 15.0. The Kier molecular flexibility index (Phi) is 7.49. The summed E-state index contributed by atoms with van der Waals surface area (Å²) in [6.07, 6.45) is 7.33. The molecule has 9 nitrogen and oxygen atoms in total. The van der Waals surface area contributed by atoms with Gasteiger partial charge < -0.3 is 15.8 Å². The van der Waals surface area contributed by atoms with Crippen molar-refractivity contribution in [3.05, 3.63) is 97.3 Å². The van der Waals surface area contributed by atoms with Gasteiger partial charge in [-0.3, -0.25) is 4.72 Å². The third-order valence-electron chi connectivity index (χ3n) is 7.20. The van der Waals surface area contributed by atoms with Crippen molar-refractivity contribution in [2.75, 3.05) is 10.0 Å². The van der Waals surface area contributed by atoms with E-state index in [1.165, 1.54) is 0 Å². The van der Waals surface area contributed by atoms with Gasteiger partial charge in [0.25, 0.3) is 10.0 Å². The van der Waals surface area contributed by atoms with E-state index in [2.05, 4.69) is 20.0 Å². The minimum absolute atomic E-state index is 0.188. The number of anilines is 2. The maximum atomic E-state index is 13.0. The van der Waals surface area contributed by atoms with E-state index in [1.54, 1.807) is 54.9 Å². The van der Waals surface area contributed by atoms with Gasteiger partial charge in [0, 0.05) is 35.2 Å². The summed E-state index contributed by atoms with van der Waals surface area (Å²) in [5, 5.41) is 4.88. The van der Waals surface area contributed by atoms with Crippen molar-refractivity contribution in [3.63, 3.8) is 0 Å². The molecule has 2 aromatic heterocycles. The third-order valence-corrected chi connectivity index (χ3v) is 8.58. The standard InChI is InChI=1S/C31H30N6O3S/c32-21-12-14-22(15-13-21)35-31-34-20-18-27(36-31)26-11-6-19-33-30(26)40-29-17-16-28(24-9-4-5-10-25(24)29)37-41(38,39)23-7-2-1-3-8-23/h1-11,16-22,37H,12-15,32H2,(H,34,35,36). The van der Waals surface area contributed by atoms with E-state index in [-0.39, 0.29) is 10.9 Å². The SMILES string of the molecule is NC1CCC(Nc2nccc(-c3cccnc3Oc3ccc(NS(=O)(=O)c4ccccc4)c4ccccc34)n2)CC1. The zero-order valence-corrected chi connectivity index (χ0v) is 23.1. The van der Waals surface area contributed by atoms with E-state index < -0.39 is 10.0 Å². The number of pyridine rings is 1. The Bertz CT molecular complexity index is 1770. The number of nitrogens with one attached hydrogen (secondary N) is 2. The van der Waals surface area contributed by atoms with Crippen molar-refractivity contribution >= 4 is 32.4 Å². The van der Waals surface area contributed by atoms with Crippen LogP contribution in [0.25, 0.3) is 22.0 Å². The molecule has 6 rings (SSSR count). The molecular weight excluding hydrogens is 536 g/mol. The largest absolute Gasteiger partial charge is 0.438 e. The molecule has 0 radical (unpaired) electrons. The summed E-state index contributed by atoms with van der Waals surface area (Å²) in [4.78, 5) is 13.9. The van der Waals surface area contributed by atoms with Crippen LogP contribution in [0.3, 0.4) is 0 Å². The van der Waals surface area contributed by atoms with Crippen LogP contribution in [0, 0.1) is 0 Å². The Morgan fingerprint density at radius 2 is 1.54 bits per heavy atom. The average Bonchev–Trinajstić information content (AvgIpc) is 3.00. The first-order valence-electron chi connectivity index (χ1n) is 13.5. The lowest BCUT2D eigenvalue weighted by Crippen LogP contribution is -2.33. The summed E-state index contributed by atoms with van der Waals surface area (Å²) in [5.41, 5.74) is 7.89. The summed E-state index contributed by atoms with van der Waals surface area (Å²) >= 11 is 0. The fourth-order valence-electron chi connectivity index (χ4n) is 5.05. The van der Waals surface area contributed by atoms with Crippen LogP contribution in [0.1, 0.15) is 25.7 Å². The second-order valence-corrected chi connectivity index (χ2v) is 11.7. The highest BCUT2D eigenvalue weighted by Crippen LogP contribution is 2.37. The first kappa shape index (κ1) is 26.7. The number of sulfonamides is 1. The molecule has 5 aromatic rings. The predicted molar refractivity (Wildman–Crippen MR) is 160 cm³/mol. The fraction of sp³-hybridized carbons (Fsp3) is 0.194. The van der Waals surface area contributed by atoms with E-state index in [9.17, 15) is 8.42 Å². The van der Waals surface area contributed by atoms with Crippen molar-refractivity contribution < 1.29 is 13.2 Å². The van der Waals surface area contributed by atoms with E-state index in [1.807, 2.05) is 42.5 Å². The van der Waals surface area contributed by atoms with Gasteiger partial charge in [0.1, 0.15) is 5.75 Å². The molecule has 0 atom stereocenters. The van der Waals surface area contributed by atoms with Crippen LogP contribution in [0.15, 0.2) is 102 Å². The lowest BCUT2D eigenvalue weighted by molar-refractivity contribution is 0.410. The minimum atomic E-state index is -3.77. The van der Waals surface area contributed by atoms with Gasteiger partial charge in [0.05, 0.1) is 21.8 Å². The maximum Gasteiger partial charge on any atom is 0.261 e. The second kappa shape index (κ2) is 11.5. The number of benzene rings is 3. The Hall–Kier alpha value is -4.54. The van der Waals surface area contributed by atoms with Gasteiger partial charge in [-0.15, -0.1) is 0 Å². The highest BCUT2D eigenvalue weighted by molar-refractivity contribution is 7.92. The number of fused-ring (bicyclic) bond motifs is 1. The third kappa shape index (κ3) is 5.98. The smallest absolute Gasteiger partial charge is 0.261 e. The van der Waals surface area contributed by atoms with Crippen LogP contribution in [-0.2, 0) is 10.0 Å². The maximum absolute atomic E-state index is 13.0. The van der Waals surface area contributed by atoms with Gasteiger partial charge in [0.2, 0.25) is 11.8 Å². The van der Waals surface area contributed by atoms with Crippen molar-refractivity contribution in [1.82, 2.24) is 15.0 Å². The monoisotopic (exact) mass is 566 g/mol. The molecule has 1 saturated carbocycles. The van der Waals surface area contributed by atoms with Crippen molar-refractivity contribution in [2.24, 2.45) is 5.73 Å². The van der Waals surface area contributed by atoms with Gasteiger partial charge in [-0.1, -0.05) is 42.5 Å². The molecule has 1 fully saturated rings. The molecule has 0 amide bonds. The molecule has 4 N–H and O–H groups in total. The number of rotatable bonds is 8. The normalized spacial score (nSPS) is 17.2. The zero-order chi connectivity index (χ0) is 28.2. The van der Waals surface area contributed by atoms with Crippen LogP contribution >= 0.6 is 0 Å². The van der Waals surface area contributed by atoms with Crippen LogP contribution in [0.2, 0.25) is 0 Å². The molecule has 0 aliphatic heterocycles. The van der Waals surface area contributed by atoms with Crippen LogP contribution in [-0.4, -0.2) is 35.5 Å². The Labute approximate surface area is 238 Å². The molecule has 2 heterocycles. The van der Waals surface area contributed by atoms with E-state index in [4.69, 9.17) is 15.5 Å². The number of ether oxygens (including phenoxy) is 1. The van der Waals surface area contributed by atoms with Gasteiger partial charge in [0.15, 0.2) is 0 Å². The number of nitrogens with two attached hydrogens (primary N) is 1. The number of aromatic nitrogens is 3. The van der Waals surface area contributed by atoms with Crippen LogP contribution in [0.5, 0.6) is 11.6 Å². The van der Waals surface area contributed by atoms with Gasteiger partial charge >= 0.3 is 0 Å². The summed E-state index contributed by atoms with van der Waals surface area (Å²) < 4.78 is 35.1. The average molecular weight is 567 g/mol. The molecule has 3 aromatic carbocycles. The lowest BCUT2D eigenvalue weighted by atomic mass is 9.92. The highest BCUT2D eigenvalue weighted by atomic mass is 32.2.